The van der Waals surface area contributed by atoms with Gasteiger partial charge in [0.2, 0.25) is 0 Å². The number of carbonyl (C=O) groups excluding carboxylic acids is 1. The summed E-state index contributed by atoms with van der Waals surface area (Å²) in [6.07, 6.45) is 1.58. The second kappa shape index (κ2) is 8.73. The van der Waals surface area contributed by atoms with E-state index in [0.717, 1.165) is 15.9 Å². The Morgan fingerprint density at radius 2 is 1.85 bits per heavy atom. The van der Waals surface area contributed by atoms with E-state index in [1.807, 2.05) is 55.5 Å². The van der Waals surface area contributed by atoms with Gasteiger partial charge in [-0.2, -0.15) is 5.10 Å². The van der Waals surface area contributed by atoms with Crippen LogP contribution in [0.15, 0.2) is 59.2 Å². The highest BCUT2D eigenvalue weighted by molar-refractivity contribution is 9.10. The molecule has 0 unspecified atom stereocenters. The zero-order valence-electron chi connectivity index (χ0n) is 15.1. The highest BCUT2D eigenvalue weighted by atomic mass is 79.9. The molecular weight excluding hydrogens is 410 g/mol. The van der Waals surface area contributed by atoms with Crippen molar-refractivity contribution in [2.75, 3.05) is 20.3 Å². The summed E-state index contributed by atoms with van der Waals surface area (Å²) in [4.78, 5) is 12.4. The molecule has 0 atom stereocenters. The molecule has 7 heteroatoms. The second-order valence-corrected chi connectivity index (χ2v) is 6.70. The minimum absolute atomic E-state index is 0.181. The van der Waals surface area contributed by atoms with Crippen molar-refractivity contribution in [1.29, 1.82) is 0 Å². The molecule has 27 heavy (non-hydrogen) atoms. The number of hydrogen-bond acceptors (Lipinski definition) is 4. The molecule has 2 aromatic carbocycles. The first-order valence-electron chi connectivity index (χ1n) is 8.44. The monoisotopic (exact) mass is 429 g/mol. The van der Waals surface area contributed by atoms with E-state index in [4.69, 9.17) is 9.47 Å². The molecule has 3 aromatic rings. The number of methoxy groups -OCH3 is 1. The van der Waals surface area contributed by atoms with Crippen molar-refractivity contribution in [3.05, 3.63) is 70.5 Å². The number of nitrogens with zero attached hydrogens (tertiary/aromatic N) is 2. The molecule has 1 N–H and O–H groups in total. The molecular formula is C20H20BrN3O3. The summed E-state index contributed by atoms with van der Waals surface area (Å²) in [6.45, 7) is 2.58. The van der Waals surface area contributed by atoms with E-state index in [0.29, 0.717) is 30.2 Å². The highest BCUT2D eigenvalue weighted by Crippen LogP contribution is 2.25. The zero-order valence-corrected chi connectivity index (χ0v) is 16.7. The van der Waals surface area contributed by atoms with Crippen molar-refractivity contribution in [3.63, 3.8) is 0 Å². The zero-order chi connectivity index (χ0) is 19.2. The normalized spacial score (nSPS) is 10.5. The molecule has 140 valence electrons. The first-order chi connectivity index (χ1) is 13.1. The maximum Gasteiger partial charge on any atom is 0.254 e. The lowest BCUT2D eigenvalue weighted by Crippen LogP contribution is -2.28. The second-order valence-electron chi connectivity index (χ2n) is 5.79. The Morgan fingerprint density at radius 1 is 1.15 bits per heavy atom. The van der Waals surface area contributed by atoms with Crippen LogP contribution in [-0.4, -0.2) is 35.9 Å². The van der Waals surface area contributed by atoms with E-state index in [1.165, 1.54) is 0 Å². The fourth-order valence-corrected chi connectivity index (χ4v) is 2.90. The smallest absolute Gasteiger partial charge is 0.254 e. The molecule has 6 nitrogen and oxygen atoms in total. The standard InChI is InChI=1S/C20H20BrN3O3/c1-14-17(13-23-24(14)16-9-7-15(21)8-10-16)20(25)22-11-12-27-19-6-4-3-5-18(19)26-2/h3-10,13H,11-12H2,1-2H3,(H,22,25). The Balaban J connectivity index is 1.58. The van der Waals surface area contributed by atoms with Crippen molar-refractivity contribution in [2.45, 2.75) is 6.92 Å². The molecule has 0 aliphatic heterocycles. The summed E-state index contributed by atoms with van der Waals surface area (Å²) < 4.78 is 13.6. The molecule has 1 aromatic heterocycles. The fraction of sp³-hybridized carbons (Fsp3) is 0.200. The van der Waals surface area contributed by atoms with Crippen LogP contribution in [0.3, 0.4) is 0 Å². The van der Waals surface area contributed by atoms with Gasteiger partial charge in [0.1, 0.15) is 6.61 Å². The van der Waals surface area contributed by atoms with Gasteiger partial charge in [-0.05, 0) is 43.3 Å². The van der Waals surface area contributed by atoms with Gasteiger partial charge >= 0.3 is 0 Å². The maximum atomic E-state index is 12.4. The summed E-state index contributed by atoms with van der Waals surface area (Å²) in [5, 5.41) is 7.18. The average molecular weight is 430 g/mol. The summed E-state index contributed by atoms with van der Waals surface area (Å²) in [5.74, 6) is 1.13. The minimum atomic E-state index is -0.181. The molecule has 0 radical (unpaired) electrons. The van der Waals surface area contributed by atoms with Crippen LogP contribution in [0.5, 0.6) is 11.5 Å². The summed E-state index contributed by atoms with van der Waals surface area (Å²) >= 11 is 3.41. The van der Waals surface area contributed by atoms with E-state index in [9.17, 15) is 4.79 Å². The van der Waals surface area contributed by atoms with Crippen LogP contribution in [-0.2, 0) is 0 Å². The number of benzene rings is 2. The maximum absolute atomic E-state index is 12.4. The number of carbonyl (C=O) groups is 1. The lowest BCUT2D eigenvalue weighted by molar-refractivity contribution is 0.0946. The molecule has 1 amide bonds. The first-order valence-corrected chi connectivity index (χ1v) is 9.24. The third-order valence-electron chi connectivity index (χ3n) is 4.04. The quantitative estimate of drug-likeness (QED) is 0.580. The van der Waals surface area contributed by atoms with Crippen LogP contribution < -0.4 is 14.8 Å². The van der Waals surface area contributed by atoms with Crippen LogP contribution in [0.25, 0.3) is 5.69 Å². The molecule has 0 bridgehead atoms. The topological polar surface area (TPSA) is 65.4 Å². The van der Waals surface area contributed by atoms with Gasteiger partial charge in [-0.15, -0.1) is 0 Å². The van der Waals surface area contributed by atoms with Crippen molar-refractivity contribution in [3.8, 4) is 17.2 Å². The molecule has 0 aliphatic rings. The molecule has 0 saturated heterocycles. The Kier molecular flexibility index (Phi) is 6.13. The third-order valence-corrected chi connectivity index (χ3v) is 4.57. The number of aromatic nitrogens is 2. The fourth-order valence-electron chi connectivity index (χ4n) is 2.63. The predicted molar refractivity (Wildman–Crippen MR) is 107 cm³/mol. The van der Waals surface area contributed by atoms with Gasteiger partial charge in [0, 0.05) is 4.47 Å². The molecule has 0 fully saturated rings. The number of ether oxygens (including phenoxy) is 2. The van der Waals surface area contributed by atoms with Crippen LogP contribution in [0, 0.1) is 6.92 Å². The molecule has 0 aliphatic carbocycles. The lowest BCUT2D eigenvalue weighted by Gasteiger charge is -2.11. The third kappa shape index (κ3) is 4.49. The number of hydrogen-bond donors (Lipinski definition) is 1. The summed E-state index contributed by atoms with van der Waals surface area (Å²) in [7, 11) is 1.59. The van der Waals surface area contributed by atoms with Crippen molar-refractivity contribution >= 4 is 21.8 Å². The van der Waals surface area contributed by atoms with Crippen molar-refractivity contribution in [1.82, 2.24) is 15.1 Å². The van der Waals surface area contributed by atoms with Gasteiger partial charge in [0.15, 0.2) is 11.5 Å². The SMILES string of the molecule is COc1ccccc1OCCNC(=O)c1cnn(-c2ccc(Br)cc2)c1C. The Morgan fingerprint density at radius 3 is 2.56 bits per heavy atom. The Labute approximate surface area is 166 Å². The van der Waals surface area contributed by atoms with E-state index >= 15 is 0 Å². The molecule has 0 saturated carbocycles. The Bertz CT molecular complexity index is 922. The Hall–Kier alpha value is -2.80. The molecule has 1 heterocycles. The van der Waals surface area contributed by atoms with E-state index in [2.05, 4.69) is 26.3 Å². The van der Waals surface area contributed by atoms with E-state index < -0.39 is 0 Å². The number of amides is 1. The highest BCUT2D eigenvalue weighted by Gasteiger charge is 2.15. The van der Waals surface area contributed by atoms with Crippen LogP contribution >= 0.6 is 15.9 Å². The summed E-state index contributed by atoms with van der Waals surface area (Å²) in [5.41, 5.74) is 2.21. The molecule has 0 spiro atoms. The van der Waals surface area contributed by atoms with Gasteiger partial charge in [-0.25, -0.2) is 4.68 Å². The van der Waals surface area contributed by atoms with Gasteiger partial charge in [0.05, 0.1) is 36.8 Å². The largest absolute Gasteiger partial charge is 0.493 e. The van der Waals surface area contributed by atoms with Crippen LogP contribution in [0.4, 0.5) is 0 Å². The number of rotatable bonds is 7. The van der Waals surface area contributed by atoms with Crippen molar-refractivity contribution in [2.24, 2.45) is 0 Å². The average Bonchev–Trinajstić information content (AvgIpc) is 3.07. The summed E-state index contributed by atoms with van der Waals surface area (Å²) in [6, 6.07) is 15.1. The minimum Gasteiger partial charge on any atom is -0.493 e. The number of halogens is 1. The number of nitrogens with one attached hydrogen (secondary N) is 1. The van der Waals surface area contributed by atoms with E-state index in [1.54, 1.807) is 18.0 Å². The van der Waals surface area contributed by atoms with Crippen LogP contribution in [0.1, 0.15) is 16.1 Å². The van der Waals surface area contributed by atoms with Gasteiger partial charge in [0.25, 0.3) is 5.91 Å². The first kappa shape index (κ1) is 19.0. The molecule has 3 rings (SSSR count). The van der Waals surface area contributed by atoms with Crippen molar-refractivity contribution < 1.29 is 14.3 Å². The van der Waals surface area contributed by atoms with E-state index in [-0.39, 0.29) is 5.91 Å². The predicted octanol–water partition coefficient (Wildman–Crippen LogP) is 3.76. The lowest BCUT2D eigenvalue weighted by atomic mass is 10.2. The van der Waals surface area contributed by atoms with Gasteiger partial charge in [-0.1, -0.05) is 28.1 Å². The van der Waals surface area contributed by atoms with Crippen LogP contribution in [0.2, 0.25) is 0 Å². The van der Waals surface area contributed by atoms with Gasteiger partial charge in [-0.3, -0.25) is 4.79 Å². The van der Waals surface area contributed by atoms with Gasteiger partial charge < -0.3 is 14.8 Å². The number of para-hydroxylation sites is 2.